The molecule has 8 heteroatoms. The second-order valence-electron chi connectivity index (χ2n) is 3.55. The summed E-state index contributed by atoms with van der Waals surface area (Å²) in [6.07, 6.45) is -5.02. The Morgan fingerprint density at radius 1 is 1.39 bits per heavy atom. The smallest absolute Gasteiger partial charge is 0.451 e. The molecule has 0 aliphatic carbocycles. The Morgan fingerprint density at radius 2 is 2.06 bits per heavy atom. The number of nitrogens with one attached hydrogen (secondary N) is 1. The van der Waals surface area contributed by atoms with Crippen LogP contribution in [0, 0.1) is 0 Å². The Labute approximate surface area is 102 Å². The monoisotopic (exact) mass is 265 g/mol. The van der Waals surface area contributed by atoms with Gasteiger partial charge in [0.1, 0.15) is 11.9 Å². The molecule has 0 aliphatic rings. The first-order valence-corrected chi connectivity index (χ1v) is 5.16. The predicted molar refractivity (Wildman–Crippen MR) is 58.5 cm³/mol. The third kappa shape index (κ3) is 4.02. The maximum atomic E-state index is 12.5. The van der Waals surface area contributed by atoms with Crippen LogP contribution in [0.3, 0.4) is 0 Å². The van der Waals surface area contributed by atoms with Crippen LogP contribution in [-0.4, -0.2) is 36.8 Å². The van der Waals surface area contributed by atoms with Crippen molar-refractivity contribution in [3.8, 4) is 5.88 Å². The molecule has 0 saturated carbocycles. The SMILES string of the molecule is CNc1cc(OC(C)COC)nc(C(F)(F)F)n1. The Hall–Kier alpha value is -1.57. The second kappa shape index (κ2) is 5.85. The van der Waals surface area contributed by atoms with Gasteiger partial charge in [0.2, 0.25) is 11.7 Å². The third-order valence-electron chi connectivity index (χ3n) is 1.94. The molecule has 0 saturated heterocycles. The van der Waals surface area contributed by atoms with E-state index in [4.69, 9.17) is 9.47 Å². The van der Waals surface area contributed by atoms with Crippen molar-refractivity contribution in [1.82, 2.24) is 9.97 Å². The molecule has 1 rings (SSSR count). The normalized spacial score (nSPS) is 13.2. The topological polar surface area (TPSA) is 56.3 Å². The van der Waals surface area contributed by atoms with Crippen molar-refractivity contribution in [1.29, 1.82) is 0 Å². The van der Waals surface area contributed by atoms with Crippen molar-refractivity contribution in [2.24, 2.45) is 0 Å². The van der Waals surface area contributed by atoms with Crippen molar-refractivity contribution < 1.29 is 22.6 Å². The minimum absolute atomic E-state index is 0.0388. The van der Waals surface area contributed by atoms with Gasteiger partial charge in [0, 0.05) is 20.2 Å². The maximum Gasteiger partial charge on any atom is 0.451 e. The number of hydrogen-bond acceptors (Lipinski definition) is 5. The average molecular weight is 265 g/mol. The summed E-state index contributed by atoms with van der Waals surface area (Å²) in [5.41, 5.74) is 0. The Morgan fingerprint density at radius 3 is 2.56 bits per heavy atom. The average Bonchev–Trinajstić information content (AvgIpc) is 2.27. The highest BCUT2D eigenvalue weighted by atomic mass is 19.4. The summed E-state index contributed by atoms with van der Waals surface area (Å²) in [6, 6.07) is 1.29. The fraction of sp³-hybridized carbons (Fsp3) is 0.600. The molecule has 1 aromatic heterocycles. The number of methoxy groups -OCH3 is 1. The molecule has 0 spiro atoms. The van der Waals surface area contributed by atoms with Crippen molar-refractivity contribution in [3.63, 3.8) is 0 Å². The van der Waals surface area contributed by atoms with Gasteiger partial charge >= 0.3 is 6.18 Å². The molecule has 0 aromatic carbocycles. The van der Waals surface area contributed by atoms with E-state index >= 15 is 0 Å². The van der Waals surface area contributed by atoms with Crippen LogP contribution in [0.25, 0.3) is 0 Å². The number of ether oxygens (including phenoxy) is 2. The molecule has 0 amide bonds. The van der Waals surface area contributed by atoms with E-state index < -0.39 is 18.1 Å². The van der Waals surface area contributed by atoms with Gasteiger partial charge in [0.15, 0.2) is 0 Å². The first-order chi connectivity index (χ1) is 8.36. The van der Waals surface area contributed by atoms with Crippen LogP contribution >= 0.6 is 0 Å². The maximum absolute atomic E-state index is 12.5. The van der Waals surface area contributed by atoms with Crippen molar-refractivity contribution >= 4 is 5.82 Å². The Bertz CT molecular complexity index is 398. The second-order valence-corrected chi connectivity index (χ2v) is 3.55. The van der Waals surface area contributed by atoms with Crippen molar-refractivity contribution in [2.45, 2.75) is 19.2 Å². The molecule has 0 fully saturated rings. The van der Waals surface area contributed by atoms with Gasteiger partial charge in [-0.1, -0.05) is 0 Å². The number of aromatic nitrogens is 2. The van der Waals surface area contributed by atoms with Gasteiger partial charge in [-0.15, -0.1) is 0 Å². The minimum atomic E-state index is -4.62. The van der Waals surface area contributed by atoms with Gasteiger partial charge in [-0.2, -0.15) is 18.2 Å². The summed E-state index contributed by atoms with van der Waals surface area (Å²) in [7, 11) is 2.94. The van der Waals surface area contributed by atoms with Gasteiger partial charge in [-0.3, -0.25) is 0 Å². The van der Waals surface area contributed by atoms with Crippen LogP contribution in [0.5, 0.6) is 5.88 Å². The fourth-order valence-electron chi connectivity index (χ4n) is 1.22. The van der Waals surface area contributed by atoms with Gasteiger partial charge in [-0.05, 0) is 6.92 Å². The lowest BCUT2D eigenvalue weighted by molar-refractivity contribution is -0.145. The summed E-state index contributed by atoms with van der Waals surface area (Å²) in [6.45, 7) is 1.91. The molecule has 1 aromatic rings. The number of hydrogen-bond donors (Lipinski definition) is 1. The van der Waals surface area contributed by atoms with Crippen molar-refractivity contribution in [2.75, 3.05) is 26.1 Å². The molecular formula is C10H14F3N3O2. The largest absolute Gasteiger partial charge is 0.472 e. The number of halogens is 3. The highest BCUT2D eigenvalue weighted by molar-refractivity contribution is 5.38. The zero-order valence-corrected chi connectivity index (χ0v) is 10.2. The molecule has 0 radical (unpaired) electrons. The third-order valence-corrected chi connectivity index (χ3v) is 1.94. The van der Waals surface area contributed by atoms with Crippen LogP contribution in [0.1, 0.15) is 12.7 Å². The molecule has 1 unspecified atom stereocenters. The number of rotatable bonds is 5. The summed E-state index contributed by atoms with van der Waals surface area (Å²) >= 11 is 0. The van der Waals surface area contributed by atoms with Gasteiger partial charge in [0.25, 0.3) is 0 Å². The molecule has 0 bridgehead atoms. The van der Waals surface area contributed by atoms with Crippen molar-refractivity contribution in [3.05, 3.63) is 11.9 Å². The summed E-state index contributed by atoms with van der Waals surface area (Å²) < 4.78 is 47.7. The van der Waals surface area contributed by atoms with E-state index in [-0.39, 0.29) is 18.3 Å². The van der Waals surface area contributed by atoms with Gasteiger partial charge in [0.05, 0.1) is 6.61 Å². The van der Waals surface area contributed by atoms with Gasteiger partial charge in [-0.25, -0.2) is 4.98 Å². The van der Waals surface area contributed by atoms with Crippen LogP contribution < -0.4 is 10.1 Å². The quantitative estimate of drug-likeness (QED) is 0.881. The molecule has 1 atom stereocenters. The summed E-state index contributed by atoms with van der Waals surface area (Å²) in [4.78, 5) is 6.64. The number of anilines is 1. The highest BCUT2D eigenvalue weighted by Gasteiger charge is 2.35. The summed E-state index contributed by atoms with van der Waals surface area (Å²) in [5, 5.41) is 2.52. The predicted octanol–water partition coefficient (Wildman–Crippen LogP) is 1.95. The standard InChI is InChI=1S/C10H14F3N3O2/c1-6(5-17-3)18-8-4-7(14-2)15-9(16-8)10(11,12)13/h4,6H,5H2,1-3H3,(H,14,15,16). The number of nitrogens with zero attached hydrogens (tertiary/aromatic N) is 2. The van der Waals surface area contributed by atoms with Gasteiger partial charge < -0.3 is 14.8 Å². The van der Waals surface area contributed by atoms with Crippen LogP contribution in [0.4, 0.5) is 19.0 Å². The van der Waals surface area contributed by atoms with E-state index in [0.717, 1.165) is 0 Å². The first kappa shape index (κ1) is 14.5. The van der Waals surface area contributed by atoms with E-state index in [1.54, 1.807) is 6.92 Å². The van der Waals surface area contributed by atoms with E-state index in [2.05, 4.69) is 15.3 Å². The zero-order valence-electron chi connectivity index (χ0n) is 10.2. The first-order valence-electron chi connectivity index (χ1n) is 5.16. The molecular weight excluding hydrogens is 251 g/mol. The minimum Gasteiger partial charge on any atom is -0.472 e. The van der Waals surface area contributed by atoms with E-state index in [0.29, 0.717) is 0 Å². The van der Waals surface area contributed by atoms with Crippen LogP contribution in [-0.2, 0) is 10.9 Å². The molecule has 1 heterocycles. The fourth-order valence-corrected chi connectivity index (χ4v) is 1.22. The van der Waals surface area contributed by atoms with E-state index in [1.165, 1.54) is 20.2 Å². The lowest BCUT2D eigenvalue weighted by atomic mass is 10.4. The Kier molecular flexibility index (Phi) is 4.71. The molecule has 5 nitrogen and oxygen atoms in total. The lowest BCUT2D eigenvalue weighted by Gasteiger charge is -2.15. The Balaban J connectivity index is 2.97. The zero-order chi connectivity index (χ0) is 13.8. The summed E-state index contributed by atoms with van der Waals surface area (Å²) in [5.74, 6) is -1.35. The highest BCUT2D eigenvalue weighted by Crippen LogP contribution is 2.29. The van der Waals surface area contributed by atoms with Crippen LogP contribution in [0.15, 0.2) is 6.07 Å². The number of alkyl halides is 3. The lowest BCUT2D eigenvalue weighted by Crippen LogP contribution is -2.20. The molecule has 1 N–H and O–H groups in total. The van der Waals surface area contributed by atoms with Crippen LogP contribution in [0.2, 0.25) is 0 Å². The molecule has 102 valence electrons. The molecule has 0 aliphatic heterocycles. The van der Waals surface area contributed by atoms with E-state index in [1.807, 2.05) is 0 Å². The molecule has 18 heavy (non-hydrogen) atoms. The van der Waals surface area contributed by atoms with E-state index in [9.17, 15) is 13.2 Å².